The zero-order chi connectivity index (χ0) is 28.8. The first kappa shape index (κ1) is 28.0. The number of benzene rings is 2. The summed E-state index contributed by atoms with van der Waals surface area (Å²) in [5.41, 5.74) is 3.44. The molecule has 7 rings (SSSR count). The number of halogens is 2. The minimum atomic E-state index is -1.12. The molecule has 0 radical (unpaired) electrons. The predicted octanol–water partition coefficient (Wildman–Crippen LogP) is 5.86. The van der Waals surface area contributed by atoms with Gasteiger partial charge >= 0.3 is 0 Å². The molecular weight excluding hydrogens is 538 g/mol. The van der Waals surface area contributed by atoms with E-state index in [1.807, 2.05) is 23.0 Å². The maximum absolute atomic E-state index is 15.4. The van der Waals surface area contributed by atoms with Crippen molar-refractivity contribution >= 4 is 10.9 Å². The molecule has 3 aliphatic heterocycles. The van der Waals surface area contributed by atoms with Crippen LogP contribution in [-0.4, -0.2) is 84.5 Å². The molecule has 42 heavy (non-hydrogen) atoms. The Morgan fingerprint density at radius 1 is 1.12 bits per heavy atom. The Bertz CT molecular complexity index is 1410. The van der Waals surface area contributed by atoms with Gasteiger partial charge in [0.05, 0.1) is 31.5 Å². The van der Waals surface area contributed by atoms with Crippen molar-refractivity contribution < 1.29 is 23.0 Å². The molecule has 0 N–H and O–H groups in total. The minimum absolute atomic E-state index is 0.0253. The molecule has 0 bridgehead atoms. The van der Waals surface area contributed by atoms with Gasteiger partial charge in [-0.15, -0.1) is 0 Å². The first-order chi connectivity index (χ1) is 20.5. The first-order valence-electron chi connectivity index (χ1n) is 15.6. The van der Waals surface area contributed by atoms with Gasteiger partial charge in [-0.05, 0) is 74.8 Å². The molecule has 1 aliphatic carbocycles. The summed E-state index contributed by atoms with van der Waals surface area (Å²) in [4.78, 5) is 4.54. The lowest BCUT2D eigenvalue weighted by atomic mass is 9.83. The molecule has 0 spiro atoms. The van der Waals surface area contributed by atoms with Crippen LogP contribution >= 0.6 is 0 Å². The number of likely N-dealkylation sites (tertiary alicyclic amines) is 1. The van der Waals surface area contributed by atoms with Crippen LogP contribution in [0.5, 0.6) is 11.5 Å². The third kappa shape index (κ3) is 5.28. The second kappa shape index (κ2) is 11.4. The van der Waals surface area contributed by atoms with Gasteiger partial charge in [-0.1, -0.05) is 6.07 Å². The second-order valence-electron chi connectivity index (χ2n) is 12.8. The van der Waals surface area contributed by atoms with Crippen molar-refractivity contribution in [1.29, 1.82) is 0 Å². The lowest BCUT2D eigenvalue weighted by Crippen LogP contribution is -2.49. The molecule has 0 amide bonds. The molecular formula is C33H42F2N4O3. The van der Waals surface area contributed by atoms with Gasteiger partial charge in [-0.2, -0.15) is 5.10 Å². The van der Waals surface area contributed by atoms with Gasteiger partial charge in [0.2, 0.25) is 0 Å². The summed E-state index contributed by atoms with van der Waals surface area (Å²) in [5.74, 6) is 1.64. The fourth-order valence-electron chi connectivity index (χ4n) is 7.14. The Morgan fingerprint density at radius 3 is 2.69 bits per heavy atom. The monoisotopic (exact) mass is 580 g/mol. The largest absolute Gasteiger partial charge is 0.496 e. The first-order valence-corrected chi connectivity index (χ1v) is 15.6. The average molecular weight is 581 g/mol. The molecule has 9 heteroatoms. The van der Waals surface area contributed by atoms with Crippen LogP contribution in [0.2, 0.25) is 0 Å². The van der Waals surface area contributed by atoms with Crippen LogP contribution in [0.4, 0.5) is 8.78 Å². The van der Waals surface area contributed by atoms with E-state index < -0.39 is 5.67 Å². The van der Waals surface area contributed by atoms with Crippen molar-refractivity contribution in [2.75, 3.05) is 53.2 Å². The van der Waals surface area contributed by atoms with Crippen LogP contribution in [0.25, 0.3) is 10.9 Å². The third-order valence-electron chi connectivity index (χ3n) is 9.73. The van der Waals surface area contributed by atoms with E-state index in [0.717, 1.165) is 79.9 Å². The molecule has 4 heterocycles. The van der Waals surface area contributed by atoms with Crippen LogP contribution < -0.4 is 9.47 Å². The zero-order valence-electron chi connectivity index (χ0n) is 24.7. The number of aromatic nitrogens is 2. The Kier molecular flexibility index (Phi) is 7.61. The average Bonchev–Trinajstić information content (AvgIpc) is 3.55. The maximum Gasteiger partial charge on any atom is 0.150 e. The van der Waals surface area contributed by atoms with Crippen molar-refractivity contribution in [3.8, 4) is 11.5 Å². The fourth-order valence-corrected chi connectivity index (χ4v) is 7.14. The summed E-state index contributed by atoms with van der Waals surface area (Å²) >= 11 is 0. The smallest absolute Gasteiger partial charge is 0.150 e. The lowest BCUT2D eigenvalue weighted by Gasteiger charge is -2.43. The topological polar surface area (TPSA) is 52.0 Å². The summed E-state index contributed by atoms with van der Waals surface area (Å²) in [6, 6.07) is 10.4. The zero-order valence-corrected chi connectivity index (χ0v) is 24.7. The molecule has 1 saturated carbocycles. The quantitative estimate of drug-likeness (QED) is 0.299. The summed E-state index contributed by atoms with van der Waals surface area (Å²) < 4.78 is 48.3. The normalized spacial score (nSPS) is 26.1. The molecule has 226 valence electrons. The lowest BCUT2D eigenvalue weighted by molar-refractivity contribution is -0.0366. The van der Waals surface area contributed by atoms with Gasteiger partial charge in [-0.3, -0.25) is 14.2 Å². The SMILES string of the molecule is COc1cc(OCCN2CC(CF)C2)ccc1[C@@H]1c2ccc3c(cnn3C3CCCCO3)c2C[C@@H](C)N1CC1(F)CC1. The van der Waals surface area contributed by atoms with Crippen molar-refractivity contribution in [2.45, 2.75) is 69.4 Å². The highest BCUT2D eigenvalue weighted by molar-refractivity contribution is 5.84. The van der Waals surface area contributed by atoms with E-state index in [0.29, 0.717) is 26.0 Å². The van der Waals surface area contributed by atoms with Crippen molar-refractivity contribution in [3.63, 3.8) is 0 Å². The predicted molar refractivity (Wildman–Crippen MR) is 158 cm³/mol. The Balaban J connectivity index is 1.21. The van der Waals surface area contributed by atoms with Gasteiger partial charge in [0, 0.05) is 61.8 Å². The summed E-state index contributed by atoms with van der Waals surface area (Å²) in [6.07, 6.45) is 7.26. The van der Waals surface area contributed by atoms with Crippen LogP contribution in [-0.2, 0) is 11.2 Å². The Hall–Kier alpha value is -2.75. The van der Waals surface area contributed by atoms with Crippen molar-refractivity contribution in [2.24, 2.45) is 5.92 Å². The molecule has 3 fully saturated rings. The van der Waals surface area contributed by atoms with E-state index in [9.17, 15) is 4.39 Å². The van der Waals surface area contributed by atoms with Crippen molar-refractivity contribution in [1.82, 2.24) is 19.6 Å². The number of methoxy groups -OCH3 is 1. The van der Waals surface area contributed by atoms with Crippen LogP contribution in [0.1, 0.15) is 68.0 Å². The highest BCUT2D eigenvalue weighted by atomic mass is 19.1. The van der Waals surface area contributed by atoms with Gasteiger partial charge in [0.15, 0.2) is 6.23 Å². The van der Waals surface area contributed by atoms with E-state index in [4.69, 9.17) is 19.3 Å². The number of hydrogen-bond acceptors (Lipinski definition) is 6. The third-order valence-corrected chi connectivity index (χ3v) is 9.73. The molecule has 3 atom stereocenters. The van der Waals surface area contributed by atoms with E-state index in [2.05, 4.69) is 34.9 Å². The molecule has 4 aliphatic rings. The molecule has 2 aromatic carbocycles. The van der Waals surface area contributed by atoms with Crippen molar-refractivity contribution in [3.05, 3.63) is 53.2 Å². The van der Waals surface area contributed by atoms with Gasteiger partial charge < -0.3 is 14.2 Å². The van der Waals surface area contributed by atoms with Crippen LogP contribution in [0.15, 0.2) is 36.5 Å². The highest BCUT2D eigenvalue weighted by Gasteiger charge is 2.48. The standard InChI is InChI=1S/C33H42F2N4O3/c1-22-15-27-25(8-9-29-28(27)18-36-39(29)31-5-3-4-13-42-31)32(38(22)21-33(35)10-11-33)26-7-6-24(16-30(26)40-2)41-14-12-37-19-23(17-34)20-37/h6-9,16,18,22-23,31-32H,3-5,10-15,17,19-21H2,1-2H3/t22-,31?,32+/m1/s1. The Morgan fingerprint density at radius 2 is 1.95 bits per heavy atom. The number of nitrogens with zero attached hydrogens (tertiary/aromatic N) is 4. The second-order valence-corrected chi connectivity index (χ2v) is 12.8. The molecule has 1 unspecified atom stereocenters. The van der Waals surface area contributed by atoms with E-state index in [1.54, 1.807) is 7.11 Å². The van der Waals surface area contributed by atoms with E-state index >= 15 is 4.39 Å². The number of alkyl halides is 2. The number of ether oxygens (including phenoxy) is 3. The van der Waals surface area contributed by atoms with Crippen LogP contribution in [0.3, 0.4) is 0 Å². The minimum Gasteiger partial charge on any atom is -0.496 e. The summed E-state index contributed by atoms with van der Waals surface area (Å²) in [5, 5.41) is 5.95. The van der Waals surface area contributed by atoms with Gasteiger partial charge in [0.25, 0.3) is 0 Å². The Labute approximate surface area is 246 Å². The molecule has 7 nitrogen and oxygen atoms in total. The maximum atomic E-state index is 15.4. The fraction of sp³-hybridized carbons (Fsp3) is 0.606. The van der Waals surface area contributed by atoms with E-state index in [-0.39, 0.29) is 30.9 Å². The molecule has 1 aromatic heterocycles. The van der Waals surface area contributed by atoms with Gasteiger partial charge in [-0.25, -0.2) is 9.07 Å². The van der Waals surface area contributed by atoms with Gasteiger partial charge in [0.1, 0.15) is 23.8 Å². The number of hydrogen-bond donors (Lipinski definition) is 0. The number of fused-ring (bicyclic) bond motifs is 3. The highest BCUT2D eigenvalue weighted by Crippen LogP contribution is 2.48. The molecule has 3 aromatic rings. The molecule has 2 saturated heterocycles. The van der Waals surface area contributed by atoms with E-state index in [1.165, 1.54) is 11.1 Å². The summed E-state index contributed by atoms with van der Waals surface area (Å²) in [6.45, 7) is 6.05. The van der Waals surface area contributed by atoms with Crippen LogP contribution in [0, 0.1) is 5.92 Å². The number of rotatable bonds is 10. The summed E-state index contributed by atoms with van der Waals surface area (Å²) in [7, 11) is 1.69.